The predicted molar refractivity (Wildman–Crippen MR) is 98.8 cm³/mol. The van der Waals surface area contributed by atoms with Gasteiger partial charge in [0.1, 0.15) is 5.84 Å². The van der Waals surface area contributed by atoms with Gasteiger partial charge >= 0.3 is 0 Å². The molecule has 0 N–H and O–H groups in total. The van der Waals surface area contributed by atoms with Gasteiger partial charge in [0.2, 0.25) is 6.67 Å². The van der Waals surface area contributed by atoms with Gasteiger partial charge < -0.3 is 4.90 Å². The summed E-state index contributed by atoms with van der Waals surface area (Å²) in [5, 5.41) is 6.78. The van der Waals surface area contributed by atoms with Gasteiger partial charge in [-0.1, -0.05) is 48.0 Å². The van der Waals surface area contributed by atoms with E-state index < -0.39 is 0 Å². The number of hydrazone groups is 1. The minimum Gasteiger partial charge on any atom is -0.323 e. The molecule has 1 fully saturated rings. The first-order valence-corrected chi connectivity index (χ1v) is 8.67. The molecule has 4 rings (SSSR count). The fourth-order valence-electron chi connectivity index (χ4n) is 3.92. The van der Waals surface area contributed by atoms with E-state index in [0.717, 1.165) is 25.1 Å². The van der Waals surface area contributed by atoms with Crippen molar-refractivity contribution in [1.29, 1.82) is 0 Å². The lowest BCUT2D eigenvalue weighted by molar-refractivity contribution is 0.396. The van der Waals surface area contributed by atoms with Crippen molar-refractivity contribution in [3.8, 4) is 0 Å². The van der Waals surface area contributed by atoms with Crippen LogP contribution in [0.25, 0.3) is 0 Å². The maximum absolute atomic E-state index is 4.83. The molecule has 3 nitrogen and oxygen atoms in total. The second-order valence-corrected chi connectivity index (χ2v) is 6.93. The Bertz CT molecular complexity index is 756. The van der Waals surface area contributed by atoms with Crippen molar-refractivity contribution in [2.24, 2.45) is 5.10 Å². The fraction of sp³-hybridized carbons (Fsp3) is 0.333. The molecule has 2 aromatic carbocycles. The Morgan fingerprint density at radius 2 is 1.79 bits per heavy atom. The standard InChI is InChI=1S/C21H23N3/c1-15-11-16(2)21(17(3)12-15)24-14-23-19(9-10-20(23)22-24)13-18-7-5-4-6-8-18/h4-8,11-12,19H,9-10,13H2,1-3H3/t19-/m1/s1. The van der Waals surface area contributed by atoms with Gasteiger partial charge in [0.05, 0.1) is 5.69 Å². The first-order chi connectivity index (χ1) is 11.6. The van der Waals surface area contributed by atoms with Crippen molar-refractivity contribution in [1.82, 2.24) is 4.90 Å². The quantitative estimate of drug-likeness (QED) is 0.833. The van der Waals surface area contributed by atoms with Crippen LogP contribution >= 0.6 is 0 Å². The summed E-state index contributed by atoms with van der Waals surface area (Å²) in [6, 6.07) is 15.6. The molecule has 2 radical (unpaired) electrons. The molecule has 2 aliphatic rings. The zero-order valence-corrected chi connectivity index (χ0v) is 14.6. The number of benzene rings is 2. The summed E-state index contributed by atoms with van der Waals surface area (Å²) in [5.41, 5.74) is 6.35. The molecule has 3 heteroatoms. The smallest absolute Gasteiger partial charge is 0.233 e. The highest BCUT2D eigenvalue weighted by Crippen LogP contribution is 2.35. The third-order valence-corrected chi connectivity index (χ3v) is 4.92. The Labute approximate surface area is 144 Å². The molecular formula is C21H23N3. The normalized spacial score (nSPS) is 19.6. The first kappa shape index (κ1) is 15.3. The highest BCUT2D eigenvalue weighted by molar-refractivity contribution is 5.89. The molecule has 2 aliphatic heterocycles. The van der Waals surface area contributed by atoms with Crippen molar-refractivity contribution in [3.63, 3.8) is 0 Å². The number of amidine groups is 1. The lowest BCUT2D eigenvalue weighted by Gasteiger charge is -2.24. The number of hydrogen-bond acceptors (Lipinski definition) is 3. The molecule has 0 unspecified atom stereocenters. The van der Waals surface area contributed by atoms with E-state index in [2.05, 4.69) is 74.8 Å². The van der Waals surface area contributed by atoms with Gasteiger partial charge in [-0.3, -0.25) is 0 Å². The molecule has 122 valence electrons. The third-order valence-electron chi connectivity index (χ3n) is 4.92. The van der Waals surface area contributed by atoms with Gasteiger partial charge in [-0.2, -0.15) is 5.10 Å². The maximum Gasteiger partial charge on any atom is 0.233 e. The lowest BCUT2D eigenvalue weighted by Crippen LogP contribution is -2.32. The van der Waals surface area contributed by atoms with Crippen LogP contribution in [0.5, 0.6) is 0 Å². The summed E-state index contributed by atoms with van der Waals surface area (Å²) in [7, 11) is 0. The minimum atomic E-state index is 0.460. The van der Waals surface area contributed by atoms with E-state index in [0.29, 0.717) is 6.04 Å². The molecule has 1 saturated heterocycles. The molecule has 0 bridgehead atoms. The van der Waals surface area contributed by atoms with Gasteiger partial charge in [-0.15, -0.1) is 0 Å². The van der Waals surface area contributed by atoms with E-state index in [9.17, 15) is 0 Å². The molecule has 0 aliphatic carbocycles. The van der Waals surface area contributed by atoms with Crippen molar-refractivity contribution < 1.29 is 0 Å². The number of fused-ring (bicyclic) bond motifs is 1. The monoisotopic (exact) mass is 317 g/mol. The Hall–Kier alpha value is -2.29. The molecule has 0 spiro atoms. The molecule has 0 amide bonds. The summed E-state index contributed by atoms with van der Waals surface area (Å²) in [6.45, 7) is 9.95. The van der Waals surface area contributed by atoms with Gasteiger partial charge in [0.25, 0.3) is 0 Å². The van der Waals surface area contributed by atoms with E-state index in [4.69, 9.17) is 5.10 Å². The average Bonchev–Trinajstić information content (AvgIpc) is 3.09. The summed E-state index contributed by atoms with van der Waals surface area (Å²) < 4.78 is 0. The molecule has 1 atom stereocenters. The zero-order valence-electron chi connectivity index (χ0n) is 14.6. The third kappa shape index (κ3) is 2.68. The van der Waals surface area contributed by atoms with Crippen LogP contribution in [0.1, 0.15) is 35.1 Å². The van der Waals surface area contributed by atoms with Crippen LogP contribution in [0, 0.1) is 27.4 Å². The Kier molecular flexibility index (Phi) is 3.79. The van der Waals surface area contributed by atoms with Crippen molar-refractivity contribution >= 4 is 11.5 Å². The summed E-state index contributed by atoms with van der Waals surface area (Å²) in [6.07, 6.45) is 3.23. The van der Waals surface area contributed by atoms with E-state index in [1.807, 2.05) is 5.01 Å². The van der Waals surface area contributed by atoms with Crippen molar-refractivity contribution in [2.45, 2.75) is 46.1 Å². The lowest BCUT2D eigenvalue weighted by atomic mass is 10.0. The summed E-state index contributed by atoms with van der Waals surface area (Å²) in [5.74, 6) is 1.15. The predicted octanol–water partition coefficient (Wildman–Crippen LogP) is 4.45. The fourth-order valence-corrected chi connectivity index (χ4v) is 3.92. The van der Waals surface area contributed by atoms with Crippen molar-refractivity contribution in [3.05, 3.63) is 71.4 Å². The van der Waals surface area contributed by atoms with Crippen molar-refractivity contribution in [2.75, 3.05) is 5.01 Å². The van der Waals surface area contributed by atoms with Gasteiger partial charge in [-0.05, 0) is 50.3 Å². The van der Waals surface area contributed by atoms with Crippen LogP contribution in [0.2, 0.25) is 0 Å². The number of anilines is 1. The second-order valence-electron chi connectivity index (χ2n) is 6.93. The number of nitrogens with zero attached hydrogens (tertiary/aromatic N) is 3. The first-order valence-electron chi connectivity index (χ1n) is 8.67. The summed E-state index contributed by atoms with van der Waals surface area (Å²) in [4.78, 5) is 2.26. The van der Waals surface area contributed by atoms with Crippen LogP contribution in [0.3, 0.4) is 0 Å². The Morgan fingerprint density at radius 3 is 2.50 bits per heavy atom. The molecule has 0 saturated carbocycles. The highest BCUT2D eigenvalue weighted by atomic mass is 15.6. The van der Waals surface area contributed by atoms with Gasteiger partial charge in [0, 0.05) is 12.5 Å². The second kappa shape index (κ2) is 5.97. The number of aryl methyl sites for hydroxylation is 3. The maximum atomic E-state index is 4.83. The van der Waals surface area contributed by atoms with Crippen LogP contribution in [-0.4, -0.2) is 16.8 Å². The Morgan fingerprint density at radius 1 is 1.08 bits per heavy atom. The topological polar surface area (TPSA) is 18.8 Å². The van der Waals surface area contributed by atoms with Crippen LogP contribution in [-0.2, 0) is 6.42 Å². The van der Waals surface area contributed by atoms with E-state index in [1.54, 1.807) is 0 Å². The zero-order chi connectivity index (χ0) is 16.7. The van der Waals surface area contributed by atoms with E-state index in [1.165, 1.54) is 27.9 Å². The minimum absolute atomic E-state index is 0.460. The van der Waals surface area contributed by atoms with E-state index in [-0.39, 0.29) is 0 Å². The van der Waals surface area contributed by atoms with Crippen LogP contribution in [0.4, 0.5) is 5.69 Å². The summed E-state index contributed by atoms with van der Waals surface area (Å²) >= 11 is 0. The molecule has 2 aromatic rings. The highest BCUT2D eigenvalue weighted by Gasteiger charge is 2.37. The number of hydrogen-bond donors (Lipinski definition) is 0. The SMILES string of the molecule is Cc1cc(C)c(N2[C]N3C(=N2)CC[C@@H]3Cc2ccccc2)c(C)c1. The van der Waals surface area contributed by atoms with E-state index >= 15 is 0 Å². The molecular weight excluding hydrogens is 294 g/mol. The Balaban J connectivity index is 1.55. The van der Waals surface area contributed by atoms with Crippen LogP contribution < -0.4 is 5.01 Å². The molecule has 2 heterocycles. The average molecular weight is 317 g/mol. The largest absolute Gasteiger partial charge is 0.323 e. The molecule has 24 heavy (non-hydrogen) atoms. The van der Waals surface area contributed by atoms with Gasteiger partial charge in [-0.25, -0.2) is 5.01 Å². The number of rotatable bonds is 3. The molecule has 0 aromatic heterocycles. The van der Waals surface area contributed by atoms with Gasteiger partial charge in [0.15, 0.2) is 0 Å². The van der Waals surface area contributed by atoms with Crippen LogP contribution in [0.15, 0.2) is 47.6 Å².